The second-order valence-electron chi connectivity index (χ2n) is 11.7. The molecule has 0 aliphatic carbocycles. The zero-order valence-corrected chi connectivity index (χ0v) is 38.9. The van der Waals surface area contributed by atoms with Crippen LogP contribution in [0.1, 0.15) is 27.8 Å². The van der Waals surface area contributed by atoms with Crippen LogP contribution in [0.25, 0.3) is 0 Å². The van der Waals surface area contributed by atoms with E-state index < -0.39 is 65.7 Å². The third-order valence-electron chi connectivity index (χ3n) is 7.43. The van der Waals surface area contributed by atoms with E-state index in [0.29, 0.717) is 27.8 Å². The summed E-state index contributed by atoms with van der Waals surface area (Å²) in [4.78, 5) is -1.11. The van der Waals surface area contributed by atoms with Gasteiger partial charge in [-0.3, -0.25) is 0 Å². The molecule has 0 aliphatic heterocycles. The maximum absolute atomic E-state index is 12.9. The van der Waals surface area contributed by atoms with Gasteiger partial charge in [0.2, 0.25) is 0 Å². The second kappa shape index (κ2) is 22.3. The summed E-state index contributed by atoms with van der Waals surface area (Å²) in [6.07, 6.45) is 0. The topological polar surface area (TPSA) is 276 Å². The molecule has 0 aliphatic rings. The summed E-state index contributed by atoms with van der Waals surface area (Å²) in [5.41, 5.74) is 1.89. The van der Waals surface area contributed by atoms with E-state index in [-0.39, 0.29) is 67.7 Å². The van der Waals surface area contributed by atoms with Crippen molar-refractivity contribution in [3.8, 4) is 0 Å². The summed E-state index contributed by atoms with van der Waals surface area (Å²) in [5, 5.41) is 0. The minimum absolute atomic E-state index is 0. The molecule has 2 N–H and O–H groups in total. The first-order chi connectivity index (χ1) is 25.9. The summed E-state index contributed by atoms with van der Waals surface area (Å²) < 4.78 is 155. The summed E-state index contributed by atoms with van der Waals surface area (Å²) in [6.45, 7) is 7.68. The molecule has 16 nitrogen and oxygen atoms in total. The molecule has 0 unspecified atom stereocenters. The predicted octanol–water partition coefficient (Wildman–Crippen LogP) is 3.71. The van der Waals surface area contributed by atoms with Crippen molar-refractivity contribution in [3.05, 3.63) is 149 Å². The molecule has 0 atom stereocenters. The van der Waals surface area contributed by atoms with Crippen LogP contribution in [0, 0.1) is 34.6 Å². The van der Waals surface area contributed by atoms with Crippen molar-refractivity contribution in [2.45, 2.75) is 59.1 Å². The van der Waals surface area contributed by atoms with Crippen LogP contribution >= 0.6 is 0 Å². The van der Waals surface area contributed by atoms with Crippen LogP contribution in [0.2, 0.25) is 0 Å². The molecule has 0 saturated heterocycles. The summed E-state index contributed by atoms with van der Waals surface area (Å²) in [6, 6.07) is 29.5. The van der Waals surface area contributed by atoms with Gasteiger partial charge in [0.1, 0.15) is 20.2 Å². The first-order valence-electron chi connectivity index (χ1n) is 15.9. The summed E-state index contributed by atoms with van der Waals surface area (Å²) in [7, 11) is -22.5. The van der Waals surface area contributed by atoms with Crippen LogP contribution in [0.3, 0.4) is 0 Å². The number of rotatable bonds is 11. The van der Waals surface area contributed by atoms with Crippen molar-refractivity contribution in [1.29, 1.82) is 0 Å². The normalized spacial score (nSPS) is 11.6. The molecule has 0 saturated carbocycles. The van der Waals surface area contributed by atoms with Gasteiger partial charge in [-0.05, 0) is 92.8 Å². The van der Waals surface area contributed by atoms with Crippen LogP contribution in [0.5, 0.6) is 0 Å². The Morgan fingerprint density at radius 3 is 0.690 bits per heavy atom. The van der Waals surface area contributed by atoms with E-state index in [1.54, 1.807) is 56.3 Å². The largest absolute Gasteiger partial charge is 2.00 e. The van der Waals surface area contributed by atoms with Crippen molar-refractivity contribution >= 4 is 103 Å². The van der Waals surface area contributed by atoms with E-state index in [4.69, 9.17) is 9.70 Å². The average molecular weight is 941 g/mol. The maximum Gasteiger partial charge on any atom is 2.00 e. The van der Waals surface area contributed by atoms with Crippen molar-refractivity contribution in [2.24, 2.45) is 0 Å². The first kappa shape index (κ1) is 53.4. The molecule has 0 heterocycles. The van der Waals surface area contributed by atoms with Gasteiger partial charge in [0.15, 0.2) is 0 Å². The van der Waals surface area contributed by atoms with Gasteiger partial charge in [-0.25, -0.2) is 16.8 Å². The molecular formula is C35H37AlCaO16S5. The van der Waals surface area contributed by atoms with E-state index in [9.17, 15) is 51.2 Å². The Kier molecular flexibility index (Phi) is 20.5. The molecule has 0 fully saturated rings. The summed E-state index contributed by atoms with van der Waals surface area (Å²) in [5.74, 6) is 0. The van der Waals surface area contributed by atoms with Crippen molar-refractivity contribution in [3.63, 3.8) is 0 Å². The van der Waals surface area contributed by atoms with Crippen molar-refractivity contribution < 1.29 is 66.4 Å². The molecule has 5 aromatic rings. The van der Waals surface area contributed by atoms with Crippen LogP contribution in [-0.4, -0.2) is 110 Å². The Labute approximate surface area is 374 Å². The number of aryl methyl sites for hydroxylation is 5. The Morgan fingerprint density at radius 1 is 0.362 bits per heavy atom. The van der Waals surface area contributed by atoms with Crippen LogP contribution < -0.4 is 0 Å². The van der Waals surface area contributed by atoms with E-state index >= 15 is 0 Å². The van der Waals surface area contributed by atoms with Crippen LogP contribution in [-0.2, 0) is 60.3 Å². The van der Waals surface area contributed by atoms with E-state index in [2.05, 4.69) is 0 Å². The minimum atomic E-state index is -4.64. The van der Waals surface area contributed by atoms with Gasteiger partial charge in [0.25, 0.3) is 30.4 Å². The first-order valence-corrected chi connectivity index (χ1v) is 24.3. The molecule has 308 valence electrons. The quantitative estimate of drug-likeness (QED) is 0.135. The van der Waals surface area contributed by atoms with Gasteiger partial charge >= 0.3 is 52.9 Å². The van der Waals surface area contributed by atoms with Crippen molar-refractivity contribution in [1.82, 2.24) is 0 Å². The Bertz CT molecular complexity index is 2490. The molecule has 5 aromatic carbocycles. The number of benzene rings is 5. The fraction of sp³-hybridized carbons (Fsp3) is 0.143. The third-order valence-corrected chi connectivity index (χ3v) is 17.3. The molecule has 0 amide bonds. The Morgan fingerprint density at radius 2 is 0.534 bits per heavy atom. The second-order valence-corrected chi connectivity index (χ2v) is 21.3. The number of hydrogen-bond donors (Lipinski definition) is 0. The van der Waals surface area contributed by atoms with Gasteiger partial charge in [-0.1, -0.05) is 91.0 Å². The monoisotopic (exact) mass is 940 g/mol. The minimum Gasteiger partial charge on any atom is -0.744 e. The molecule has 0 bridgehead atoms. The Balaban J connectivity index is 0.000000571. The van der Waals surface area contributed by atoms with Gasteiger partial charge < -0.3 is 24.3 Å². The molecule has 0 spiro atoms. The standard InChI is InChI=1S/5C7H8O3S.Al.Ca.H2O/c5*1-6-4-2-3-5-7(6)11(8,9)10;;;/h5*2-5H,1H3,(H,8,9,10);;;1H2/q;;;;;+3;+2;/p-5. The average Bonchev–Trinajstić information content (AvgIpc) is 3.08. The van der Waals surface area contributed by atoms with Crippen molar-refractivity contribution in [2.75, 3.05) is 0 Å². The Hall–Kier alpha value is -2.60. The molecular weight excluding hydrogens is 904 g/mol. The SMILES string of the molecule is Cc1ccccc1S(=O)(=O)[O-].Cc1ccccc1S(=O)(=O)[O-].Cc1ccccc1S(=O)(=O)[O][Al]([O]S(=O)(=O)c1ccccc1C)[O]S(=O)(=O)c1ccccc1C.O.[Ca+2]. The van der Waals surface area contributed by atoms with Gasteiger partial charge in [-0.2, -0.15) is 25.3 Å². The zero-order valence-electron chi connectivity index (χ0n) is 31.5. The fourth-order valence-electron chi connectivity index (χ4n) is 4.70. The third kappa shape index (κ3) is 15.5. The zero-order chi connectivity index (χ0) is 42.1. The van der Waals surface area contributed by atoms with Crippen LogP contribution in [0.15, 0.2) is 146 Å². The molecule has 5 rings (SSSR count). The predicted molar refractivity (Wildman–Crippen MR) is 212 cm³/mol. The number of hydrogen-bond acceptors (Lipinski definition) is 15. The van der Waals surface area contributed by atoms with E-state index in [1.165, 1.54) is 99.6 Å². The van der Waals surface area contributed by atoms with Gasteiger partial charge in [-0.15, -0.1) is 0 Å². The molecule has 58 heavy (non-hydrogen) atoms. The van der Waals surface area contributed by atoms with E-state index in [1.807, 2.05) is 0 Å². The van der Waals surface area contributed by atoms with Crippen LogP contribution in [0.4, 0.5) is 0 Å². The molecule has 0 aromatic heterocycles. The molecule has 0 radical (unpaired) electrons. The maximum atomic E-state index is 12.9. The van der Waals surface area contributed by atoms with E-state index in [0.717, 1.165) is 0 Å². The van der Waals surface area contributed by atoms with Gasteiger partial charge in [0.05, 0.1) is 24.5 Å². The fourth-order valence-corrected chi connectivity index (χ4v) is 13.2. The van der Waals surface area contributed by atoms with Gasteiger partial charge in [0, 0.05) is 0 Å². The smallest absolute Gasteiger partial charge is 0.744 e. The molecule has 23 heteroatoms. The summed E-state index contributed by atoms with van der Waals surface area (Å²) >= 11 is -4.44.